The highest BCUT2D eigenvalue weighted by Gasteiger charge is 2.10. The van der Waals surface area contributed by atoms with Crippen LogP contribution in [0.25, 0.3) is 16.7 Å². The first-order chi connectivity index (χ1) is 10.7. The molecule has 0 atom stereocenters. The summed E-state index contributed by atoms with van der Waals surface area (Å²) in [6, 6.07) is 5.06. The standard InChI is InChI=1S/C13H8Cl2N6O/c14-9-2-1-7(3-10(9)15)22-5-11-18-13-8-4-17-19-12(8)16-6-21(13)20-11/h1-4,6H,5H2,(H,17,19). The molecule has 3 aromatic heterocycles. The molecule has 0 aliphatic rings. The predicted molar refractivity (Wildman–Crippen MR) is 81.2 cm³/mol. The van der Waals surface area contributed by atoms with Gasteiger partial charge in [-0.25, -0.2) is 14.5 Å². The van der Waals surface area contributed by atoms with E-state index < -0.39 is 0 Å². The second-order valence-corrected chi connectivity index (χ2v) is 5.35. The van der Waals surface area contributed by atoms with Gasteiger partial charge in [-0.1, -0.05) is 23.2 Å². The number of aromatic nitrogens is 6. The van der Waals surface area contributed by atoms with Crippen molar-refractivity contribution in [3.05, 3.63) is 46.6 Å². The third-order valence-corrected chi connectivity index (χ3v) is 3.83. The van der Waals surface area contributed by atoms with Gasteiger partial charge in [0.1, 0.15) is 18.7 Å². The summed E-state index contributed by atoms with van der Waals surface area (Å²) >= 11 is 11.8. The first-order valence-electron chi connectivity index (χ1n) is 6.32. The van der Waals surface area contributed by atoms with E-state index in [9.17, 15) is 0 Å². The molecule has 0 saturated carbocycles. The van der Waals surface area contributed by atoms with Crippen molar-refractivity contribution >= 4 is 39.9 Å². The van der Waals surface area contributed by atoms with E-state index in [4.69, 9.17) is 27.9 Å². The van der Waals surface area contributed by atoms with Gasteiger partial charge in [0.15, 0.2) is 17.1 Å². The third kappa shape index (κ3) is 2.24. The largest absolute Gasteiger partial charge is 0.485 e. The summed E-state index contributed by atoms with van der Waals surface area (Å²) in [5.74, 6) is 1.13. The van der Waals surface area contributed by atoms with Gasteiger partial charge in [0.25, 0.3) is 0 Å². The molecule has 0 aliphatic carbocycles. The van der Waals surface area contributed by atoms with Crippen molar-refractivity contribution in [2.24, 2.45) is 0 Å². The lowest BCUT2D eigenvalue weighted by Crippen LogP contribution is -1.98. The molecule has 0 aliphatic heterocycles. The molecule has 3 heterocycles. The van der Waals surface area contributed by atoms with Gasteiger partial charge in [-0.3, -0.25) is 5.10 Å². The summed E-state index contributed by atoms with van der Waals surface area (Å²) in [7, 11) is 0. The van der Waals surface area contributed by atoms with Gasteiger partial charge in [0, 0.05) is 6.07 Å². The summed E-state index contributed by atoms with van der Waals surface area (Å²) in [6.45, 7) is 0.207. The van der Waals surface area contributed by atoms with Crippen LogP contribution in [0.4, 0.5) is 0 Å². The van der Waals surface area contributed by atoms with Crippen molar-refractivity contribution in [1.82, 2.24) is 29.8 Å². The van der Waals surface area contributed by atoms with Crippen molar-refractivity contribution in [1.29, 1.82) is 0 Å². The van der Waals surface area contributed by atoms with Gasteiger partial charge in [-0.15, -0.1) is 5.10 Å². The molecule has 1 N–H and O–H groups in total. The Labute approximate surface area is 133 Å². The minimum Gasteiger partial charge on any atom is -0.485 e. The van der Waals surface area contributed by atoms with Gasteiger partial charge in [-0.2, -0.15) is 5.10 Å². The lowest BCUT2D eigenvalue weighted by Gasteiger charge is -2.04. The fourth-order valence-corrected chi connectivity index (χ4v) is 2.35. The number of H-pyrrole nitrogens is 1. The van der Waals surface area contributed by atoms with Gasteiger partial charge in [0.05, 0.1) is 21.6 Å². The molecule has 0 bridgehead atoms. The van der Waals surface area contributed by atoms with E-state index in [-0.39, 0.29) is 6.61 Å². The Kier molecular flexibility index (Phi) is 3.09. The predicted octanol–water partition coefficient (Wildman–Crippen LogP) is 2.89. The van der Waals surface area contributed by atoms with Gasteiger partial charge < -0.3 is 4.74 Å². The Morgan fingerprint density at radius 3 is 3.00 bits per heavy atom. The maximum Gasteiger partial charge on any atom is 0.189 e. The molecule has 0 unspecified atom stereocenters. The quantitative estimate of drug-likeness (QED) is 0.623. The first-order valence-corrected chi connectivity index (χ1v) is 7.07. The average molecular weight is 335 g/mol. The lowest BCUT2D eigenvalue weighted by atomic mass is 10.3. The minimum absolute atomic E-state index is 0.207. The highest BCUT2D eigenvalue weighted by Crippen LogP contribution is 2.26. The maximum absolute atomic E-state index is 5.95. The van der Waals surface area contributed by atoms with Gasteiger partial charge >= 0.3 is 0 Å². The number of nitrogens with one attached hydrogen (secondary N) is 1. The summed E-state index contributed by atoms with van der Waals surface area (Å²) in [6.07, 6.45) is 3.24. The molecule has 1 aromatic carbocycles. The number of halogens is 2. The van der Waals surface area contributed by atoms with E-state index in [1.165, 1.54) is 0 Å². The average Bonchev–Trinajstić information content (AvgIpc) is 3.13. The number of ether oxygens (including phenoxy) is 1. The molecule has 0 radical (unpaired) electrons. The van der Waals surface area contributed by atoms with Crippen molar-refractivity contribution < 1.29 is 4.74 Å². The van der Waals surface area contributed by atoms with E-state index in [2.05, 4.69) is 25.3 Å². The summed E-state index contributed by atoms with van der Waals surface area (Å²) < 4.78 is 7.21. The Bertz CT molecular complexity index is 979. The Balaban J connectivity index is 1.62. The number of hydrogen-bond donors (Lipinski definition) is 1. The minimum atomic E-state index is 0.207. The highest BCUT2D eigenvalue weighted by atomic mass is 35.5. The van der Waals surface area contributed by atoms with Crippen molar-refractivity contribution in [2.75, 3.05) is 0 Å². The lowest BCUT2D eigenvalue weighted by molar-refractivity contribution is 0.296. The second-order valence-electron chi connectivity index (χ2n) is 4.54. The molecule has 0 spiro atoms. The molecule has 9 heteroatoms. The molecule has 4 aromatic rings. The zero-order valence-electron chi connectivity index (χ0n) is 11.0. The fourth-order valence-electron chi connectivity index (χ4n) is 2.06. The zero-order chi connectivity index (χ0) is 15.1. The Hall–Kier alpha value is -2.38. The van der Waals surface area contributed by atoms with Crippen LogP contribution in [-0.4, -0.2) is 29.8 Å². The molecular weight excluding hydrogens is 327 g/mol. The SMILES string of the molecule is Clc1ccc(OCc2nc3c4cn[nH]c4ncn3n2)cc1Cl. The van der Waals surface area contributed by atoms with E-state index in [1.54, 1.807) is 35.2 Å². The maximum atomic E-state index is 5.95. The molecule has 0 amide bonds. The van der Waals surface area contributed by atoms with Crippen molar-refractivity contribution in [3.8, 4) is 5.75 Å². The van der Waals surface area contributed by atoms with E-state index in [0.29, 0.717) is 32.9 Å². The zero-order valence-corrected chi connectivity index (χ0v) is 12.5. The molecule has 0 saturated heterocycles. The van der Waals surface area contributed by atoms with Crippen LogP contribution in [0.1, 0.15) is 5.82 Å². The third-order valence-electron chi connectivity index (χ3n) is 3.09. The van der Waals surface area contributed by atoms with Crippen molar-refractivity contribution in [2.45, 2.75) is 6.61 Å². The van der Waals surface area contributed by atoms with Crippen molar-refractivity contribution in [3.63, 3.8) is 0 Å². The normalized spacial score (nSPS) is 11.4. The van der Waals surface area contributed by atoms with E-state index in [1.807, 2.05) is 0 Å². The van der Waals surface area contributed by atoms with Crippen LogP contribution in [0, 0.1) is 0 Å². The molecule has 110 valence electrons. The summed E-state index contributed by atoms with van der Waals surface area (Å²) in [4.78, 5) is 8.63. The number of nitrogens with zero attached hydrogens (tertiary/aromatic N) is 5. The molecule has 0 fully saturated rings. The van der Waals surface area contributed by atoms with E-state index >= 15 is 0 Å². The van der Waals surface area contributed by atoms with Gasteiger partial charge in [0.2, 0.25) is 0 Å². The van der Waals surface area contributed by atoms with Crippen LogP contribution in [0.5, 0.6) is 5.75 Å². The molecule has 4 rings (SSSR count). The monoisotopic (exact) mass is 334 g/mol. The number of aromatic amines is 1. The Morgan fingerprint density at radius 2 is 2.14 bits per heavy atom. The van der Waals surface area contributed by atoms with Crippen LogP contribution in [-0.2, 0) is 6.61 Å². The van der Waals surface area contributed by atoms with E-state index in [0.717, 1.165) is 5.39 Å². The van der Waals surface area contributed by atoms with Crippen LogP contribution in [0.3, 0.4) is 0 Å². The van der Waals surface area contributed by atoms with Crippen LogP contribution in [0.2, 0.25) is 10.0 Å². The number of fused-ring (bicyclic) bond motifs is 3. The number of hydrogen-bond acceptors (Lipinski definition) is 5. The van der Waals surface area contributed by atoms with Crippen LogP contribution >= 0.6 is 23.2 Å². The first kappa shape index (κ1) is 13.3. The van der Waals surface area contributed by atoms with Crippen LogP contribution < -0.4 is 4.74 Å². The van der Waals surface area contributed by atoms with Crippen LogP contribution in [0.15, 0.2) is 30.7 Å². The van der Waals surface area contributed by atoms with Gasteiger partial charge in [-0.05, 0) is 12.1 Å². The highest BCUT2D eigenvalue weighted by molar-refractivity contribution is 6.42. The summed E-state index contributed by atoms with van der Waals surface area (Å²) in [5.41, 5.74) is 1.34. The smallest absolute Gasteiger partial charge is 0.189 e. The fraction of sp³-hybridized carbons (Fsp3) is 0.0769. The second kappa shape index (κ2) is 5.11. The number of benzene rings is 1. The summed E-state index contributed by atoms with van der Waals surface area (Å²) in [5, 5.41) is 12.8. The topological polar surface area (TPSA) is 81.0 Å². The Morgan fingerprint density at radius 1 is 1.23 bits per heavy atom. The molecule has 22 heavy (non-hydrogen) atoms. The number of rotatable bonds is 3. The molecule has 7 nitrogen and oxygen atoms in total. The molecular formula is C13H8Cl2N6O.